The number of hydrogen-bond acceptors (Lipinski definition) is 4. The van der Waals surface area contributed by atoms with Crippen molar-refractivity contribution in [2.45, 2.75) is 25.8 Å². The molecule has 1 aromatic rings. The highest BCUT2D eigenvalue weighted by Gasteiger charge is 2.20. The van der Waals surface area contributed by atoms with Crippen LogP contribution in [0, 0.1) is 11.3 Å². The summed E-state index contributed by atoms with van der Waals surface area (Å²) in [6.45, 7) is 4.92. The quantitative estimate of drug-likeness (QED) is 0.804. The lowest BCUT2D eigenvalue weighted by atomic mass is 10.0. The summed E-state index contributed by atoms with van der Waals surface area (Å²) in [6, 6.07) is 9.75. The van der Waals surface area contributed by atoms with Crippen LogP contribution in [-0.2, 0) is 0 Å². The molecule has 98 valence electrons. The van der Waals surface area contributed by atoms with Crippen LogP contribution in [0.5, 0.6) is 11.5 Å². The summed E-state index contributed by atoms with van der Waals surface area (Å²) in [4.78, 5) is 0. The van der Waals surface area contributed by atoms with E-state index in [-0.39, 0.29) is 0 Å². The Morgan fingerprint density at radius 2 is 2.00 bits per heavy atom. The van der Waals surface area contributed by atoms with Crippen molar-refractivity contribution in [3.63, 3.8) is 0 Å². The van der Waals surface area contributed by atoms with E-state index < -0.39 is 5.54 Å². The van der Waals surface area contributed by atoms with E-state index in [2.05, 4.69) is 11.4 Å². The second-order valence-electron chi connectivity index (χ2n) is 4.20. The van der Waals surface area contributed by atoms with Crippen LogP contribution in [0.1, 0.15) is 20.3 Å². The first-order valence-corrected chi connectivity index (χ1v) is 6.09. The van der Waals surface area contributed by atoms with E-state index in [0.717, 1.165) is 11.5 Å². The van der Waals surface area contributed by atoms with Crippen molar-refractivity contribution < 1.29 is 9.47 Å². The van der Waals surface area contributed by atoms with Crippen LogP contribution in [0.25, 0.3) is 0 Å². The fourth-order valence-corrected chi connectivity index (χ4v) is 1.43. The Balaban J connectivity index is 2.49. The third kappa shape index (κ3) is 4.27. The van der Waals surface area contributed by atoms with E-state index in [4.69, 9.17) is 14.7 Å². The summed E-state index contributed by atoms with van der Waals surface area (Å²) in [5.41, 5.74) is -0.544. The molecule has 1 rings (SSSR count). The molecular formula is C14H20N2O2. The number of hydrogen-bond donors (Lipinski definition) is 1. The van der Waals surface area contributed by atoms with Crippen LogP contribution < -0.4 is 14.8 Å². The van der Waals surface area contributed by atoms with E-state index in [9.17, 15) is 0 Å². The van der Waals surface area contributed by atoms with Crippen molar-refractivity contribution in [3.05, 3.63) is 24.3 Å². The van der Waals surface area contributed by atoms with Crippen molar-refractivity contribution in [1.82, 2.24) is 5.32 Å². The van der Waals surface area contributed by atoms with Gasteiger partial charge >= 0.3 is 0 Å². The van der Waals surface area contributed by atoms with E-state index >= 15 is 0 Å². The third-order valence-corrected chi connectivity index (χ3v) is 2.79. The van der Waals surface area contributed by atoms with Gasteiger partial charge in [-0.05, 0) is 33.0 Å². The predicted octanol–water partition coefficient (Wildman–Crippen LogP) is 2.36. The summed E-state index contributed by atoms with van der Waals surface area (Å²) < 4.78 is 11.0. The Bertz CT molecular complexity index is 415. The summed E-state index contributed by atoms with van der Waals surface area (Å²) in [7, 11) is 1.78. The topological polar surface area (TPSA) is 54.3 Å². The fourth-order valence-electron chi connectivity index (χ4n) is 1.43. The number of nitriles is 1. The Labute approximate surface area is 109 Å². The maximum absolute atomic E-state index is 9.01. The molecule has 0 saturated carbocycles. The summed E-state index contributed by atoms with van der Waals surface area (Å²) in [5, 5.41) is 12.0. The minimum atomic E-state index is -0.544. The van der Waals surface area contributed by atoms with Gasteiger partial charge in [-0.3, -0.25) is 0 Å². The minimum Gasteiger partial charge on any atom is -0.494 e. The van der Waals surface area contributed by atoms with E-state index in [1.54, 1.807) is 7.05 Å². The molecule has 1 unspecified atom stereocenters. The van der Waals surface area contributed by atoms with Gasteiger partial charge in [0.1, 0.15) is 17.0 Å². The van der Waals surface area contributed by atoms with Gasteiger partial charge in [-0.2, -0.15) is 5.26 Å². The molecule has 1 atom stereocenters. The fraction of sp³-hybridized carbons (Fsp3) is 0.500. The number of nitrogens with one attached hydrogen (secondary N) is 1. The smallest absolute Gasteiger partial charge is 0.122 e. The molecule has 0 radical (unpaired) electrons. The highest BCUT2D eigenvalue weighted by molar-refractivity contribution is 5.32. The van der Waals surface area contributed by atoms with Gasteiger partial charge in [-0.1, -0.05) is 6.07 Å². The number of nitrogens with zero attached hydrogens (tertiary/aromatic N) is 1. The van der Waals surface area contributed by atoms with Crippen molar-refractivity contribution in [2.75, 3.05) is 20.3 Å². The van der Waals surface area contributed by atoms with Gasteiger partial charge in [0.25, 0.3) is 0 Å². The molecule has 0 bridgehead atoms. The minimum absolute atomic E-state index is 0.487. The van der Waals surface area contributed by atoms with Gasteiger partial charge in [-0.15, -0.1) is 0 Å². The summed E-state index contributed by atoms with van der Waals surface area (Å²) in [5.74, 6) is 1.56. The molecule has 18 heavy (non-hydrogen) atoms. The van der Waals surface area contributed by atoms with Gasteiger partial charge in [0.05, 0.1) is 19.3 Å². The van der Waals surface area contributed by atoms with Gasteiger partial charge in [0.15, 0.2) is 0 Å². The zero-order valence-corrected chi connectivity index (χ0v) is 11.2. The van der Waals surface area contributed by atoms with Crippen molar-refractivity contribution in [1.29, 1.82) is 5.26 Å². The number of ether oxygens (including phenoxy) is 2. The zero-order chi connectivity index (χ0) is 13.4. The largest absolute Gasteiger partial charge is 0.494 e. The maximum Gasteiger partial charge on any atom is 0.122 e. The molecule has 4 nitrogen and oxygen atoms in total. The van der Waals surface area contributed by atoms with Crippen LogP contribution in [0.15, 0.2) is 24.3 Å². The first-order valence-electron chi connectivity index (χ1n) is 6.09. The third-order valence-electron chi connectivity index (χ3n) is 2.79. The second-order valence-corrected chi connectivity index (χ2v) is 4.20. The Morgan fingerprint density at radius 1 is 1.33 bits per heavy atom. The molecule has 0 aromatic heterocycles. The lowest BCUT2D eigenvalue weighted by Gasteiger charge is -2.20. The zero-order valence-electron chi connectivity index (χ0n) is 11.2. The molecule has 0 saturated heterocycles. The van der Waals surface area contributed by atoms with Crippen molar-refractivity contribution in [3.8, 4) is 17.6 Å². The Morgan fingerprint density at radius 3 is 2.56 bits per heavy atom. The van der Waals surface area contributed by atoms with E-state index in [1.165, 1.54) is 0 Å². The molecule has 1 N–H and O–H groups in total. The molecule has 0 spiro atoms. The lowest BCUT2D eigenvalue weighted by molar-refractivity contribution is 0.270. The highest BCUT2D eigenvalue weighted by atomic mass is 16.5. The van der Waals surface area contributed by atoms with Gasteiger partial charge < -0.3 is 14.8 Å². The average molecular weight is 248 g/mol. The van der Waals surface area contributed by atoms with Gasteiger partial charge in [0.2, 0.25) is 0 Å². The van der Waals surface area contributed by atoms with Gasteiger partial charge in [0, 0.05) is 12.5 Å². The maximum atomic E-state index is 9.01. The SMILES string of the molecule is CCOc1cccc(OCCC(C)(C#N)NC)c1. The predicted molar refractivity (Wildman–Crippen MR) is 70.8 cm³/mol. The van der Waals surface area contributed by atoms with Crippen LogP contribution in [0.3, 0.4) is 0 Å². The summed E-state index contributed by atoms with van der Waals surface area (Å²) >= 11 is 0. The van der Waals surface area contributed by atoms with Crippen LogP contribution in [-0.4, -0.2) is 25.8 Å². The van der Waals surface area contributed by atoms with E-state index in [1.807, 2.05) is 38.1 Å². The van der Waals surface area contributed by atoms with Crippen LogP contribution in [0.2, 0.25) is 0 Å². The molecule has 0 aliphatic carbocycles. The van der Waals surface area contributed by atoms with E-state index in [0.29, 0.717) is 19.6 Å². The monoisotopic (exact) mass is 248 g/mol. The van der Waals surface area contributed by atoms with Crippen molar-refractivity contribution >= 4 is 0 Å². The number of benzene rings is 1. The molecular weight excluding hydrogens is 228 g/mol. The number of rotatable bonds is 7. The molecule has 4 heteroatoms. The lowest BCUT2D eigenvalue weighted by Crippen LogP contribution is -2.39. The average Bonchev–Trinajstić information content (AvgIpc) is 2.39. The Hall–Kier alpha value is -1.73. The second kappa shape index (κ2) is 6.87. The summed E-state index contributed by atoms with van der Waals surface area (Å²) in [6.07, 6.45) is 0.624. The molecule has 0 amide bonds. The first kappa shape index (κ1) is 14.3. The first-order chi connectivity index (χ1) is 8.63. The van der Waals surface area contributed by atoms with Crippen LogP contribution >= 0.6 is 0 Å². The van der Waals surface area contributed by atoms with Crippen LogP contribution in [0.4, 0.5) is 0 Å². The molecule has 0 heterocycles. The molecule has 0 fully saturated rings. The molecule has 0 aliphatic rings. The standard InChI is InChI=1S/C14H20N2O2/c1-4-17-12-6-5-7-13(10-12)18-9-8-14(2,11-15)16-3/h5-7,10,16H,4,8-9H2,1-3H3. The van der Waals surface area contributed by atoms with Crippen molar-refractivity contribution in [2.24, 2.45) is 0 Å². The Kier molecular flexibility index (Phi) is 5.47. The normalized spacial score (nSPS) is 13.4. The highest BCUT2D eigenvalue weighted by Crippen LogP contribution is 2.20. The molecule has 0 aliphatic heterocycles. The van der Waals surface area contributed by atoms with Gasteiger partial charge in [-0.25, -0.2) is 0 Å². The molecule has 1 aromatic carbocycles.